The molecule has 0 atom stereocenters. The lowest BCUT2D eigenvalue weighted by molar-refractivity contribution is -0.150. The second-order valence-corrected chi connectivity index (χ2v) is 13.0. The van der Waals surface area contributed by atoms with Crippen LogP contribution in [0.3, 0.4) is 0 Å². The fourth-order valence-corrected chi connectivity index (χ4v) is 7.20. The molecule has 0 amide bonds. The number of pyridine rings is 2. The normalized spacial score (nSPS) is 23.4. The summed E-state index contributed by atoms with van der Waals surface area (Å²) in [5.41, 5.74) is 3.78. The third kappa shape index (κ3) is 5.03. The van der Waals surface area contributed by atoms with Gasteiger partial charge in [0.2, 0.25) is 0 Å². The Morgan fingerprint density at radius 1 is 1.07 bits per heavy atom. The van der Waals surface area contributed by atoms with Crippen molar-refractivity contribution < 1.29 is 23.9 Å². The zero-order valence-electron chi connectivity index (χ0n) is 23.3. The molecule has 3 aromatic heterocycles. The SMILES string of the molecule is Cc1cc(C(=O)O)nc2ccc(OCC34CCC(OCc5c(-c6c(Cl)cncc6Cl)noc5C5CC5)(CC3)CC4)cc12. The molecule has 0 aliphatic heterocycles. The van der Waals surface area contributed by atoms with Crippen LogP contribution in [0.15, 0.2) is 41.2 Å². The Morgan fingerprint density at radius 3 is 2.45 bits per heavy atom. The first-order chi connectivity index (χ1) is 20.2. The second-order valence-electron chi connectivity index (χ2n) is 12.2. The van der Waals surface area contributed by atoms with Gasteiger partial charge in [0.05, 0.1) is 34.4 Å². The van der Waals surface area contributed by atoms with Crippen LogP contribution in [0.2, 0.25) is 10.0 Å². The Kier molecular flexibility index (Phi) is 6.91. The van der Waals surface area contributed by atoms with Crippen LogP contribution >= 0.6 is 23.2 Å². The van der Waals surface area contributed by atoms with Gasteiger partial charge in [-0.3, -0.25) is 4.98 Å². The van der Waals surface area contributed by atoms with Crippen molar-refractivity contribution in [3.63, 3.8) is 0 Å². The summed E-state index contributed by atoms with van der Waals surface area (Å²) in [7, 11) is 0. The Labute approximate surface area is 253 Å². The summed E-state index contributed by atoms with van der Waals surface area (Å²) in [6.07, 6.45) is 11.4. The molecule has 0 unspecified atom stereocenters. The molecule has 8 rings (SSSR count). The van der Waals surface area contributed by atoms with E-state index in [1.807, 2.05) is 25.1 Å². The molecule has 42 heavy (non-hydrogen) atoms. The first-order valence-electron chi connectivity index (χ1n) is 14.4. The number of fused-ring (bicyclic) bond motifs is 4. The van der Waals surface area contributed by atoms with Crippen LogP contribution in [-0.4, -0.2) is 38.4 Å². The predicted molar refractivity (Wildman–Crippen MR) is 158 cm³/mol. The molecule has 218 valence electrons. The first kappa shape index (κ1) is 27.6. The maximum absolute atomic E-state index is 11.4. The molecule has 4 aliphatic rings. The summed E-state index contributed by atoms with van der Waals surface area (Å²) >= 11 is 13.0. The molecule has 2 bridgehead atoms. The van der Waals surface area contributed by atoms with Crippen LogP contribution in [0.1, 0.15) is 84.7 Å². The predicted octanol–water partition coefficient (Wildman–Crippen LogP) is 8.16. The van der Waals surface area contributed by atoms with E-state index in [0.29, 0.717) is 46.0 Å². The Hall–Kier alpha value is -3.20. The number of ether oxygens (including phenoxy) is 2. The molecular formula is C32H31Cl2N3O5. The van der Waals surface area contributed by atoms with Crippen molar-refractivity contribution in [2.45, 2.75) is 76.4 Å². The minimum atomic E-state index is -1.03. The maximum Gasteiger partial charge on any atom is 0.354 e. The quantitative estimate of drug-likeness (QED) is 0.203. The van der Waals surface area contributed by atoms with E-state index in [4.69, 9.17) is 37.2 Å². The molecule has 0 spiro atoms. The minimum absolute atomic E-state index is 0.0525. The summed E-state index contributed by atoms with van der Waals surface area (Å²) in [6.45, 7) is 2.96. The third-order valence-corrected chi connectivity index (χ3v) is 10.0. The van der Waals surface area contributed by atoms with Gasteiger partial charge >= 0.3 is 5.97 Å². The Bertz CT molecular complexity index is 1650. The fourth-order valence-electron chi connectivity index (χ4n) is 6.66. The van der Waals surface area contributed by atoms with Crippen molar-refractivity contribution in [2.75, 3.05) is 6.61 Å². The molecule has 8 nitrogen and oxygen atoms in total. The number of carboxylic acid groups (broad SMARTS) is 1. The summed E-state index contributed by atoms with van der Waals surface area (Å²) in [5, 5.41) is 15.5. The maximum atomic E-state index is 11.4. The average Bonchev–Trinajstić information content (AvgIpc) is 3.76. The van der Waals surface area contributed by atoms with Crippen LogP contribution in [0, 0.1) is 12.3 Å². The standard InChI is InChI=1S/C32H31Cl2N3O5/c1-18-12-26(30(38)39)36-25-5-4-20(13-21(18)25)40-17-31-6-9-32(10-7-31,11-8-31)41-16-22-28(37-42-29(22)19-2-3-19)27-23(33)14-35-15-24(27)34/h4-5,12-15,19H,2-3,6-11,16-17H2,1H3,(H,38,39). The van der Waals surface area contributed by atoms with E-state index in [-0.39, 0.29) is 16.7 Å². The highest BCUT2D eigenvalue weighted by Gasteiger charge is 2.50. The van der Waals surface area contributed by atoms with Crippen LogP contribution in [0.5, 0.6) is 5.75 Å². The van der Waals surface area contributed by atoms with E-state index < -0.39 is 5.97 Å². The molecule has 0 saturated heterocycles. The largest absolute Gasteiger partial charge is 0.493 e. The number of aromatic carboxylic acids is 1. The number of aryl methyl sites for hydroxylation is 1. The first-order valence-corrected chi connectivity index (χ1v) is 15.2. The van der Waals surface area contributed by atoms with Gasteiger partial charge in [-0.2, -0.15) is 0 Å². The zero-order chi connectivity index (χ0) is 29.1. The van der Waals surface area contributed by atoms with Gasteiger partial charge in [-0.15, -0.1) is 0 Å². The average molecular weight is 609 g/mol. The van der Waals surface area contributed by atoms with E-state index in [0.717, 1.165) is 79.4 Å². The number of carbonyl (C=O) groups is 1. The molecular weight excluding hydrogens is 577 g/mol. The number of benzene rings is 1. The molecule has 4 saturated carbocycles. The van der Waals surface area contributed by atoms with Crippen LogP contribution in [0.25, 0.3) is 22.2 Å². The molecule has 1 N–H and O–H groups in total. The third-order valence-electron chi connectivity index (χ3n) is 9.46. The number of rotatable bonds is 9. The van der Waals surface area contributed by atoms with Gasteiger partial charge in [0.25, 0.3) is 0 Å². The summed E-state index contributed by atoms with van der Waals surface area (Å²) in [5.74, 6) is 1.02. The highest BCUT2D eigenvalue weighted by atomic mass is 35.5. The summed E-state index contributed by atoms with van der Waals surface area (Å²) in [6, 6.07) is 7.29. The van der Waals surface area contributed by atoms with E-state index in [1.165, 1.54) is 0 Å². The fraction of sp³-hybridized carbons (Fsp3) is 0.438. The van der Waals surface area contributed by atoms with E-state index in [1.54, 1.807) is 18.5 Å². The minimum Gasteiger partial charge on any atom is -0.493 e. The molecule has 4 aromatic rings. The highest BCUT2D eigenvalue weighted by Crippen LogP contribution is 2.55. The van der Waals surface area contributed by atoms with E-state index in [2.05, 4.69) is 15.1 Å². The van der Waals surface area contributed by atoms with Crippen molar-refractivity contribution >= 4 is 40.1 Å². The van der Waals surface area contributed by atoms with Crippen molar-refractivity contribution in [2.24, 2.45) is 5.41 Å². The number of aromatic nitrogens is 3. The molecule has 4 fully saturated rings. The van der Waals surface area contributed by atoms with Crippen molar-refractivity contribution in [1.29, 1.82) is 0 Å². The molecule has 10 heteroatoms. The number of nitrogens with zero attached hydrogens (tertiary/aromatic N) is 3. The molecule has 3 heterocycles. The van der Waals surface area contributed by atoms with Gasteiger partial charge in [0, 0.05) is 40.2 Å². The number of hydrogen-bond donors (Lipinski definition) is 1. The highest BCUT2D eigenvalue weighted by molar-refractivity contribution is 6.38. The number of halogens is 2. The second kappa shape index (κ2) is 10.5. The van der Waals surface area contributed by atoms with Crippen molar-refractivity contribution in [3.8, 4) is 17.0 Å². The number of hydrogen-bond acceptors (Lipinski definition) is 7. The topological polar surface area (TPSA) is 108 Å². The lowest BCUT2D eigenvalue weighted by atomic mass is 9.59. The van der Waals surface area contributed by atoms with Crippen LogP contribution < -0.4 is 4.74 Å². The number of carboxylic acids is 1. The molecule has 0 radical (unpaired) electrons. The summed E-state index contributed by atoms with van der Waals surface area (Å²) in [4.78, 5) is 19.7. The van der Waals surface area contributed by atoms with Crippen molar-refractivity contribution in [1.82, 2.24) is 15.1 Å². The van der Waals surface area contributed by atoms with E-state index >= 15 is 0 Å². The van der Waals surface area contributed by atoms with Crippen LogP contribution in [-0.2, 0) is 11.3 Å². The Balaban J connectivity index is 1.03. The van der Waals surface area contributed by atoms with Gasteiger partial charge in [0.1, 0.15) is 22.9 Å². The molecule has 1 aromatic carbocycles. The zero-order valence-corrected chi connectivity index (χ0v) is 24.8. The van der Waals surface area contributed by atoms with Crippen LogP contribution in [0.4, 0.5) is 0 Å². The van der Waals surface area contributed by atoms with Gasteiger partial charge in [-0.25, -0.2) is 9.78 Å². The van der Waals surface area contributed by atoms with Gasteiger partial charge in [-0.1, -0.05) is 28.4 Å². The monoisotopic (exact) mass is 607 g/mol. The van der Waals surface area contributed by atoms with Gasteiger partial charge in [-0.05, 0) is 88.1 Å². The molecule has 4 aliphatic carbocycles. The Morgan fingerprint density at radius 2 is 1.79 bits per heavy atom. The smallest absolute Gasteiger partial charge is 0.354 e. The van der Waals surface area contributed by atoms with Crippen molar-refractivity contribution in [3.05, 3.63) is 69.3 Å². The van der Waals surface area contributed by atoms with E-state index in [9.17, 15) is 9.90 Å². The lowest BCUT2D eigenvalue weighted by Gasteiger charge is -2.52. The van der Waals surface area contributed by atoms with Gasteiger partial charge < -0.3 is 19.1 Å². The lowest BCUT2D eigenvalue weighted by Crippen LogP contribution is -2.49. The van der Waals surface area contributed by atoms with Gasteiger partial charge in [0.15, 0.2) is 0 Å². The summed E-state index contributed by atoms with van der Waals surface area (Å²) < 4.78 is 19.0.